The number of Topliss-reactive ketones (excluding diaryl/α,β-unsaturated/α-hetero) is 1. The van der Waals surface area contributed by atoms with Gasteiger partial charge < -0.3 is 10.2 Å². The van der Waals surface area contributed by atoms with Gasteiger partial charge in [-0.2, -0.15) is 0 Å². The van der Waals surface area contributed by atoms with E-state index in [0.717, 1.165) is 11.4 Å². The molecule has 4 heteroatoms. The zero-order valence-electron chi connectivity index (χ0n) is 9.90. The van der Waals surface area contributed by atoms with Crippen LogP contribution in [0.15, 0.2) is 24.3 Å². The summed E-state index contributed by atoms with van der Waals surface area (Å²) < 4.78 is 0. The van der Waals surface area contributed by atoms with Gasteiger partial charge in [0.1, 0.15) is 5.78 Å². The molecule has 1 aliphatic rings. The van der Waals surface area contributed by atoms with Gasteiger partial charge in [-0.15, -0.1) is 0 Å². The second-order valence-electron chi connectivity index (χ2n) is 4.19. The number of amides is 1. The number of ketones is 1. The van der Waals surface area contributed by atoms with Crippen molar-refractivity contribution in [2.75, 3.05) is 23.3 Å². The molecule has 0 radical (unpaired) electrons. The van der Waals surface area contributed by atoms with Crippen molar-refractivity contribution < 1.29 is 9.59 Å². The lowest BCUT2D eigenvalue weighted by molar-refractivity contribution is -0.118. The third kappa shape index (κ3) is 2.64. The van der Waals surface area contributed by atoms with E-state index >= 15 is 0 Å². The van der Waals surface area contributed by atoms with Gasteiger partial charge in [0.15, 0.2) is 0 Å². The Morgan fingerprint density at radius 1 is 1.41 bits per heavy atom. The summed E-state index contributed by atoms with van der Waals surface area (Å²) >= 11 is 0. The summed E-state index contributed by atoms with van der Waals surface area (Å²) in [6, 6.07) is 7.70. The molecule has 0 saturated carbocycles. The van der Waals surface area contributed by atoms with Crippen molar-refractivity contribution in [2.24, 2.45) is 0 Å². The fraction of sp³-hybridized carbons (Fsp3) is 0.385. The predicted molar refractivity (Wildman–Crippen MR) is 67.2 cm³/mol. The molecular weight excluding hydrogens is 216 g/mol. The highest BCUT2D eigenvalue weighted by Crippen LogP contribution is 2.28. The van der Waals surface area contributed by atoms with Gasteiger partial charge in [0.05, 0.1) is 11.4 Å². The Kier molecular flexibility index (Phi) is 3.42. The predicted octanol–water partition coefficient (Wildman–Crippen LogP) is 1.81. The number of hydrogen-bond acceptors (Lipinski definition) is 3. The van der Waals surface area contributed by atoms with Crippen LogP contribution >= 0.6 is 0 Å². The topological polar surface area (TPSA) is 49.4 Å². The van der Waals surface area contributed by atoms with Gasteiger partial charge in [-0.25, -0.2) is 0 Å². The molecule has 1 N–H and O–H groups in total. The van der Waals surface area contributed by atoms with Crippen molar-refractivity contribution >= 4 is 23.1 Å². The van der Waals surface area contributed by atoms with E-state index < -0.39 is 0 Å². The lowest BCUT2D eigenvalue weighted by Crippen LogP contribution is -2.32. The summed E-state index contributed by atoms with van der Waals surface area (Å²) in [5.41, 5.74) is 1.83. The Morgan fingerprint density at radius 3 is 2.94 bits per heavy atom. The standard InChI is InChI=1S/C13H16N2O2/c1-10(16)7-9-15-12-5-3-2-4-11(12)14-8-6-13(15)17/h2-5,14H,6-9H2,1H3. The summed E-state index contributed by atoms with van der Waals surface area (Å²) in [5.74, 6) is 0.177. The fourth-order valence-corrected chi connectivity index (χ4v) is 1.95. The molecule has 0 saturated heterocycles. The summed E-state index contributed by atoms with van der Waals surface area (Å²) in [5, 5.41) is 3.23. The molecule has 90 valence electrons. The largest absolute Gasteiger partial charge is 0.383 e. The Labute approximate surface area is 101 Å². The number of benzene rings is 1. The number of para-hydroxylation sites is 2. The number of carbonyl (C=O) groups excluding carboxylic acids is 2. The van der Waals surface area contributed by atoms with Crippen LogP contribution in [0.2, 0.25) is 0 Å². The smallest absolute Gasteiger partial charge is 0.228 e. The maximum Gasteiger partial charge on any atom is 0.228 e. The van der Waals surface area contributed by atoms with Crippen molar-refractivity contribution in [3.63, 3.8) is 0 Å². The number of nitrogens with one attached hydrogen (secondary N) is 1. The van der Waals surface area contributed by atoms with Crippen molar-refractivity contribution in [3.8, 4) is 0 Å². The molecule has 0 bridgehead atoms. The van der Waals surface area contributed by atoms with Crippen molar-refractivity contribution in [2.45, 2.75) is 19.8 Å². The maximum atomic E-state index is 12.0. The lowest BCUT2D eigenvalue weighted by Gasteiger charge is -2.21. The Morgan fingerprint density at radius 2 is 2.18 bits per heavy atom. The van der Waals surface area contributed by atoms with E-state index in [9.17, 15) is 9.59 Å². The van der Waals surface area contributed by atoms with E-state index in [1.807, 2.05) is 24.3 Å². The number of rotatable bonds is 3. The highest BCUT2D eigenvalue weighted by Gasteiger charge is 2.21. The van der Waals surface area contributed by atoms with Gasteiger partial charge in [0, 0.05) is 25.9 Å². The summed E-state index contributed by atoms with van der Waals surface area (Å²) in [4.78, 5) is 24.7. The van der Waals surface area contributed by atoms with Crippen LogP contribution in [0.5, 0.6) is 0 Å². The number of carbonyl (C=O) groups is 2. The SMILES string of the molecule is CC(=O)CCN1C(=O)CCNc2ccccc21. The lowest BCUT2D eigenvalue weighted by atomic mass is 10.2. The minimum atomic E-state index is 0.0729. The van der Waals surface area contributed by atoms with E-state index in [-0.39, 0.29) is 11.7 Å². The van der Waals surface area contributed by atoms with Crippen LogP contribution in [0.3, 0.4) is 0 Å². The first-order valence-electron chi connectivity index (χ1n) is 5.81. The molecule has 1 heterocycles. The molecule has 0 atom stereocenters. The molecule has 0 aromatic heterocycles. The Hall–Kier alpha value is -1.84. The molecular formula is C13H16N2O2. The highest BCUT2D eigenvalue weighted by atomic mass is 16.2. The highest BCUT2D eigenvalue weighted by molar-refractivity contribution is 5.98. The van der Waals surface area contributed by atoms with Crippen LogP contribution in [0.4, 0.5) is 11.4 Å². The second kappa shape index (κ2) is 4.99. The molecule has 1 aromatic rings. The monoisotopic (exact) mass is 232 g/mol. The normalized spacial score (nSPS) is 14.9. The quantitative estimate of drug-likeness (QED) is 0.864. The molecule has 1 amide bonds. The molecule has 0 aliphatic carbocycles. The Bertz CT molecular complexity index is 443. The molecule has 17 heavy (non-hydrogen) atoms. The maximum absolute atomic E-state index is 12.0. The van der Waals surface area contributed by atoms with Crippen LogP contribution < -0.4 is 10.2 Å². The zero-order valence-corrected chi connectivity index (χ0v) is 9.90. The summed E-state index contributed by atoms with van der Waals surface area (Å²) in [6.45, 7) is 2.66. The molecule has 0 unspecified atom stereocenters. The molecule has 4 nitrogen and oxygen atoms in total. The van der Waals surface area contributed by atoms with Crippen LogP contribution in [0.25, 0.3) is 0 Å². The molecule has 0 spiro atoms. The molecule has 1 aromatic carbocycles. The van der Waals surface area contributed by atoms with Gasteiger partial charge in [-0.3, -0.25) is 9.59 Å². The number of nitrogens with zero attached hydrogens (tertiary/aromatic N) is 1. The van der Waals surface area contributed by atoms with Crippen LogP contribution in [0, 0.1) is 0 Å². The Balaban J connectivity index is 2.27. The van der Waals surface area contributed by atoms with E-state index in [0.29, 0.717) is 25.9 Å². The van der Waals surface area contributed by atoms with Gasteiger partial charge >= 0.3 is 0 Å². The molecule has 2 rings (SSSR count). The van der Waals surface area contributed by atoms with Gasteiger partial charge in [0.25, 0.3) is 0 Å². The van der Waals surface area contributed by atoms with Crippen LogP contribution in [0.1, 0.15) is 19.8 Å². The zero-order chi connectivity index (χ0) is 12.3. The fourth-order valence-electron chi connectivity index (χ4n) is 1.95. The molecule has 1 aliphatic heterocycles. The second-order valence-corrected chi connectivity index (χ2v) is 4.19. The van der Waals surface area contributed by atoms with E-state index in [2.05, 4.69) is 5.32 Å². The van der Waals surface area contributed by atoms with Crippen molar-refractivity contribution in [1.82, 2.24) is 0 Å². The van der Waals surface area contributed by atoms with E-state index in [4.69, 9.17) is 0 Å². The van der Waals surface area contributed by atoms with Crippen molar-refractivity contribution in [1.29, 1.82) is 0 Å². The number of hydrogen-bond donors (Lipinski definition) is 1. The van der Waals surface area contributed by atoms with Crippen molar-refractivity contribution in [3.05, 3.63) is 24.3 Å². The summed E-state index contributed by atoms with van der Waals surface area (Å²) in [6.07, 6.45) is 0.868. The first-order chi connectivity index (χ1) is 8.18. The van der Waals surface area contributed by atoms with Crippen LogP contribution in [-0.2, 0) is 9.59 Å². The first-order valence-corrected chi connectivity index (χ1v) is 5.81. The third-order valence-electron chi connectivity index (χ3n) is 2.84. The minimum Gasteiger partial charge on any atom is -0.383 e. The average molecular weight is 232 g/mol. The van der Waals surface area contributed by atoms with Crippen LogP contribution in [-0.4, -0.2) is 24.8 Å². The average Bonchev–Trinajstić information content (AvgIpc) is 2.45. The summed E-state index contributed by atoms with van der Waals surface area (Å²) in [7, 11) is 0. The third-order valence-corrected chi connectivity index (χ3v) is 2.84. The van der Waals surface area contributed by atoms with E-state index in [1.165, 1.54) is 0 Å². The number of fused-ring (bicyclic) bond motifs is 1. The molecule has 0 fully saturated rings. The van der Waals surface area contributed by atoms with Gasteiger partial charge in [-0.1, -0.05) is 12.1 Å². The van der Waals surface area contributed by atoms with E-state index in [1.54, 1.807) is 11.8 Å². The first kappa shape index (κ1) is 11.6. The van der Waals surface area contributed by atoms with Gasteiger partial charge in [-0.05, 0) is 19.1 Å². The minimum absolute atomic E-state index is 0.0729. The van der Waals surface area contributed by atoms with Gasteiger partial charge in [0.2, 0.25) is 5.91 Å². The number of anilines is 2.